The molecule has 1 unspecified atom stereocenters. The first-order valence-corrected chi connectivity index (χ1v) is 6.71. The van der Waals surface area contributed by atoms with Crippen LogP contribution in [0.25, 0.3) is 0 Å². The Morgan fingerprint density at radius 3 is 2.61 bits per heavy atom. The molecule has 1 aliphatic heterocycles. The molecule has 0 aromatic carbocycles. The summed E-state index contributed by atoms with van der Waals surface area (Å²) in [6.07, 6.45) is 0.922. The quantitative estimate of drug-likeness (QED) is 0.803. The number of aryl methyl sites for hydroxylation is 1. The van der Waals surface area contributed by atoms with Crippen molar-refractivity contribution >= 4 is 0 Å². The lowest BCUT2D eigenvalue weighted by Crippen LogP contribution is -2.52. The topological polar surface area (TPSA) is 57.7 Å². The first-order valence-electron chi connectivity index (χ1n) is 6.71. The van der Waals surface area contributed by atoms with Crippen molar-refractivity contribution in [2.45, 2.75) is 19.4 Å². The maximum Gasteiger partial charge on any atom is 0.123 e. The van der Waals surface area contributed by atoms with Gasteiger partial charge in [-0.2, -0.15) is 0 Å². The van der Waals surface area contributed by atoms with E-state index in [9.17, 15) is 0 Å². The summed E-state index contributed by atoms with van der Waals surface area (Å²) in [4.78, 5) is 2.33. The molecule has 102 valence electrons. The van der Waals surface area contributed by atoms with E-state index >= 15 is 0 Å². The van der Waals surface area contributed by atoms with Crippen molar-refractivity contribution in [2.75, 3.05) is 39.8 Å². The summed E-state index contributed by atoms with van der Waals surface area (Å²) >= 11 is 0. The summed E-state index contributed by atoms with van der Waals surface area (Å²) in [5.74, 6) is 1.96. The predicted molar refractivity (Wildman–Crippen MR) is 72.1 cm³/mol. The van der Waals surface area contributed by atoms with E-state index in [0.717, 1.165) is 44.1 Å². The third-order valence-electron chi connectivity index (χ3n) is 3.45. The lowest BCUT2D eigenvalue weighted by atomic mass is 10.2. The maximum absolute atomic E-state index is 5.84. The fourth-order valence-corrected chi connectivity index (χ4v) is 2.16. The van der Waals surface area contributed by atoms with Crippen LogP contribution in [-0.2, 0) is 6.42 Å². The minimum atomic E-state index is 0.0775. The van der Waals surface area contributed by atoms with E-state index in [1.165, 1.54) is 0 Å². The molecule has 2 rings (SSSR count). The zero-order chi connectivity index (χ0) is 13.0. The molecule has 3 N–H and O–H groups in total. The first-order chi connectivity index (χ1) is 8.72. The molecule has 2 heterocycles. The Morgan fingerprint density at radius 2 is 2.06 bits per heavy atom. The van der Waals surface area contributed by atoms with Gasteiger partial charge in [-0.3, -0.25) is 0 Å². The minimum Gasteiger partial charge on any atom is -0.464 e. The Bertz CT molecular complexity index is 358. The molecule has 0 spiro atoms. The summed E-state index contributed by atoms with van der Waals surface area (Å²) in [7, 11) is 2.15. The van der Waals surface area contributed by atoms with Crippen LogP contribution in [0.3, 0.4) is 0 Å². The van der Waals surface area contributed by atoms with Crippen LogP contribution in [0.5, 0.6) is 0 Å². The minimum absolute atomic E-state index is 0.0775. The first kappa shape index (κ1) is 13.5. The Balaban J connectivity index is 1.92. The Labute approximate surface area is 109 Å². The van der Waals surface area contributed by atoms with Crippen molar-refractivity contribution in [1.29, 1.82) is 0 Å². The number of nitrogens with two attached hydrogens (primary N) is 1. The molecule has 1 aromatic heterocycles. The highest BCUT2D eigenvalue weighted by Crippen LogP contribution is 2.17. The number of piperazine rings is 1. The van der Waals surface area contributed by atoms with Crippen LogP contribution in [0.15, 0.2) is 16.5 Å². The van der Waals surface area contributed by atoms with E-state index in [1.54, 1.807) is 0 Å². The zero-order valence-corrected chi connectivity index (χ0v) is 11.4. The molecule has 0 saturated carbocycles. The van der Waals surface area contributed by atoms with Crippen molar-refractivity contribution in [2.24, 2.45) is 5.73 Å². The Hall–Kier alpha value is -0.880. The largest absolute Gasteiger partial charge is 0.464 e. The fourth-order valence-electron chi connectivity index (χ4n) is 2.16. The van der Waals surface area contributed by atoms with Crippen LogP contribution >= 0.6 is 0 Å². The highest BCUT2D eigenvalue weighted by Gasteiger charge is 2.20. The van der Waals surface area contributed by atoms with E-state index < -0.39 is 0 Å². The lowest BCUT2D eigenvalue weighted by molar-refractivity contribution is 0.0833. The van der Waals surface area contributed by atoms with Crippen molar-refractivity contribution < 1.29 is 4.42 Å². The van der Waals surface area contributed by atoms with Crippen LogP contribution in [0, 0.1) is 0 Å². The number of hydrazine groups is 1. The van der Waals surface area contributed by atoms with Crippen molar-refractivity contribution in [3.63, 3.8) is 0 Å². The van der Waals surface area contributed by atoms with E-state index in [4.69, 9.17) is 10.2 Å². The highest BCUT2D eigenvalue weighted by atomic mass is 16.3. The summed E-state index contributed by atoms with van der Waals surface area (Å²) < 4.78 is 5.77. The smallest absolute Gasteiger partial charge is 0.123 e. The number of likely N-dealkylation sites (N-methyl/N-ethyl adjacent to an activating group) is 1. The summed E-state index contributed by atoms with van der Waals surface area (Å²) in [5.41, 5.74) is 9.31. The monoisotopic (exact) mass is 252 g/mol. The van der Waals surface area contributed by atoms with Crippen LogP contribution in [0.2, 0.25) is 0 Å². The second-order valence-corrected chi connectivity index (χ2v) is 4.87. The standard InChI is InChI=1S/C13H24N4O/c1-3-11-4-5-13(18-11)12(10-14)15-17-8-6-16(2)7-9-17/h4-5,12,15H,3,6-10,14H2,1-2H3. The molecule has 1 atom stereocenters. The fraction of sp³-hybridized carbons (Fsp3) is 0.692. The SMILES string of the molecule is CCc1ccc(C(CN)NN2CCN(C)CC2)o1. The number of hydrogen-bond donors (Lipinski definition) is 2. The third-order valence-corrected chi connectivity index (χ3v) is 3.45. The molecule has 5 nitrogen and oxygen atoms in total. The molecule has 5 heteroatoms. The molecule has 1 fully saturated rings. The van der Waals surface area contributed by atoms with Crippen LogP contribution in [0.4, 0.5) is 0 Å². The van der Waals surface area contributed by atoms with Gasteiger partial charge in [-0.1, -0.05) is 6.92 Å². The summed E-state index contributed by atoms with van der Waals surface area (Å²) in [5, 5.41) is 2.24. The van der Waals surface area contributed by atoms with Gasteiger partial charge in [-0.25, -0.2) is 10.4 Å². The highest BCUT2D eigenvalue weighted by molar-refractivity contribution is 5.11. The van der Waals surface area contributed by atoms with Gasteiger partial charge in [-0.15, -0.1) is 0 Å². The molecule has 18 heavy (non-hydrogen) atoms. The van der Waals surface area contributed by atoms with Gasteiger partial charge in [0.15, 0.2) is 0 Å². The number of nitrogens with zero attached hydrogens (tertiary/aromatic N) is 2. The van der Waals surface area contributed by atoms with Gasteiger partial charge in [0.05, 0.1) is 6.04 Å². The Kier molecular flexibility index (Phi) is 4.77. The van der Waals surface area contributed by atoms with Gasteiger partial charge in [-0.05, 0) is 19.2 Å². The molecule has 1 saturated heterocycles. The average molecular weight is 252 g/mol. The molecule has 0 aliphatic carbocycles. The molecule has 0 bridgehead atoms. The van der Waals surface area contributed by atoms with Crippen LogP contribution in [0.1, 0.15) is 24.5 Å². The van der Waals surface area contributed by atoms with E-state index in [1.807, 2.05) is 12.1 Å². The van der Waals surface area contributed by atoms with Crippen molar-refractivity contribution in [3.05, 3.63) is 23.7 Å². The van der Waals surface area contributed by atoms with Crippen LogP contribution in [-0.4, -0.2) is 49.7 Å². The van der Waals surface area contributed by atoms with Crippen molar-refractivity contribution in [3.8, 4) is 0 Å². The van der Waals surface area contributed by atoms with Crippen LogP contribution < -0.4 is 11.2 Å². The third kappa shape index (κ3) is 3.32. The van der Waals surface area contributed by atoms with Gasteiger partial charge < -0.3 is 15.1 Å². The van der Waals surface area contributed by atoms with Gasteiger partial charge in [0.1, 0.15) is 11.5 Å². The second kappa shape index (κ2) is 6.33. The van der Waals surface area contributed by atoms with Gasteiger partial charge in [0.25, 0.3) is 0 Å². The lowest BCUT2D eigenvalue weighted by Gasteiger charge is -2.34. The predicted octanol–water partition coefficient (Wildman–Crippen LogP) is 0.594. The van der Waals surface area contributed by atoms with E-state index in [0.29, 0.717) is 6.54 Å². The molecular weight excluding hydrogens is 228 g/mol. The molecule has 1 aromatic rings. The van der Waals surface area contributed by atoms with Gasteiger partial charge in [0.2, 0.25) is 0 Å². The molecular formula is C13H24N4O. The normalized spacial score (nSPS) is 20.2. The second-order valence-electron chi connectivity index (χ2n) is 4.87. The Morgan fingerprint density at radius 1 is 1.33 bits per heavy atom. The molecule has 0 radical (unpaired) electrons. The maximum atomic E-state index is 5.84. The number of hydrogen-bond acceptors (Lipinski definition) is 5. The van der Waals surface area contributed by atoms with Gasteiger partial charge in [0, 0.05) is 39.1 Å². The van der Waals surface area contributed by atoms with E-state index in [-0.39, 0.29) is 6.04 Å². The number of nitrogens with one attached hydrogen (secondary N) is 1. The zero-order valence-electron chi connectivity index (χ0n) is 11.4. The molecule has 0 amide bonds. The summed E-state index contributed by atoms with van der Waals surface area (Å²) in [6.45, 7) is 6.85. The average Bonchev–Trinajstić information content (AvgIpc) is 2.87. The summed E-state index contributed by atoms with van der Waals surface area (Å²) in [6, 6.07) is 4.14. The molecule has 1 aliphatic rings. The van der Waals surface area contributed by atoms with E-state index in [2.05, 4.69) is 29.3 Å². The number of furan rings is 1. The van der Waals surface area contributed by atoms with Gasteiger partial charge >= 0.3 is 0 Å². The van der Waals surface area contributed by atoms with Crippen molar-refractivity contribution in [1.82, 2.24) is 15.3 Å². The number of rotatable bonds is 5.